The fourth-order valence-corrected chi connectivity index (χ4v) is 2.53. The van der Waals surface area contributed by atoms with E-state index < -0.39 is 0 Å². The fourth-order valence-electron chi connectivity index (χ4n) is 2.53. The molecule has 3 aromatic rings. The molecule has 3 rings (SSSR count). The summed E-state index contributed by atoms with van der Waals surface area (Å²) in [5.74, 6) is 1.29. The number of imidazole rings is 1. The molecule has 5 heteroatoms. The van der Waals surface area contributed by atoms with Crippen LogP contribution in [-0.2, 0) is 11.4 Å². The number of para-hydroxylation sites is 1. The highest BCUT2D eigenvalue weighted by Crippen LogP contribution is 2.25. The third-order valence-electron chi connectivity index (χ3n) is 3.33. The zero-order valence-corrected chi connectivity index (χ0v) is 12.4. The molecule has 0 amide bonds. The van der Waals surface area contributed by atoms with Gasteiger partial charge in [0, 0.05) is 11.9 Å². The van der Waals surface area contributed by atoms with E-state index in [4.69, 9.17) is 4.84 Å². The first-order valence-electron chi connectivity index (χ1n) is 7.01. The van der Waals surface area contributed by atoms with Crippen LogP contribution in [0.4, 0.5) is 0 Å². The second kappa shape index (κ2) is 5.52. The lowest BCUT2D eigenvalue weighted by Gasteiger charge is -2.10. The number of oxime groups is 1. The Morgan fingerprint density at radius 3 is 2.86 bits per heavy atom. The third-order valence-corrected chi connectivity index (χ3v) is 3.33. The molecule has 0 fully saturated rings. The molecule has 5 nitrogen and oxygen atoms in total. The summed E-state index contributed by atoms with van der Waals surface area (Å²) in [4.78, 5) is 13.9. The number of aromatic nitrogens is 3. The van der Waals surface area contributed by atoms with Crippen molar-refractivity contribution in [2.45, 2.75) is 20.4 Å². The van der Waals surface area contributed by atoms with Gasteiger partial charge in [0.05, 0.1) is 17.2 Å². The summed E-state index contributed by atoms with van der Waals surface area (Å²) in [5.41, 5.74) is 2.96. The van der Waals surface area contributed by atoms with Gasteiger partial charge in [-0.05, 0) is 12.0 Å². The highest BCUT2D eigenvalue weighted by Gasteiger charge is 2.14. The minimum atomic E-state index is 0.504. The molecule has 0 saturated carbocycles. The molecule has 21 heavy (non-hydrogen) atoms. The van der Waals surface area contributed by atoms with Crippen molar-refractivity contribution in [3.8, 4) is 0 Å². The van der Waals surface area contributed by atoms with Gasteiger partial charge in [-0.15, -0.1) is 0 Å². The molecule has 0 aliphatic heterocycles. The number of fused-ring (bicyclic) bond motifs is 3. The maximum atomic E-state index is 4.79. The lowest BCUT2D eigenvalue weighted by molar-refractivity contribution is 0.215. The molecule has 0 radical (unpaired) electrons. The standard InChI is InChI=1S/C16H18N4O/c1-11(2)10-20-15(9-18-21-3)19-14-8-17-13-7-5-4-6-12(13)16(14)20/h4-9,11H,10H2,1-3H3/b18-9+. The zero-order chi connectivity index (χ0) is 14.8. The van der Waals surface area contributed by atoms with Crippen molar-refractivity contribution in [3.63, 3.8) is 0 Å². The summed E-state index contributed by atoms with van der Waals surface area (Å²) in [6, 6.07) is 8.13. The van der Waals surface area contributed by atoms with Crippen LogP contribution in [-0.4, -0.2) is 27.9 Å². The molecular formula is C16H18N4O. The van der Waals surface area contributed by atoms with Crippen molar-refractivity contribution in [3.05, 3.63) is 36.3 Å². The predicted octanol–water partition coefficient (Wildman–Crippen LogP) is 3.22. The number of hydrogen-bond acceptors (Lipinski definition) is 4. The van der Waals surface area contributed by atoms with Gasteiger partial charge in [0.1, 0.15) is 18.8 Å². The first-order chi connectivity index (χ1) is 10.2. The largest absolute Gasteiger partial charge is 0.399 e. The summed E-state index contributed by atoms with van der Waals surface area (Å²) >= 11 is 0. The van der Waals surface area contributed by atoms with Crippen LogP contribution < -0.4 is 0 Å². The Bertz CT molecular complexity index is 804. The molecule has 108 valence electrons. The summed E-state index contributed by atoms with van der Waals surface area (Å²) in [7, 11) is 1.53. The molecule has 1 aromatic carbocycles. The maximum Gasteiger partial charge on any atom is 0.155 e. The van der Waals surface area contributed by atoms with Crippen LogP contribution >= 0.6 is 0 Å². The van der Waals surface area contributed by atoms with E-state index in [2.05, 4.69) is 39.6 Å². The Morgan fingerprint density at radius 1 is 1.29 bits per heavy atom. The normalized spacial score (nSPS) is 12.0. The number of nitrogens with zero attached hydrogens (tertiary/aromatic N) is 4. The molecule has 0 aliphatic carbocycles. The molecular weight excluding hydrogens is 264 g/mol. The summed E-state index contributed by atoms with van der Waals surface area (Å²) < 4.78 is 2.19. The smallest absolute Gasteiger partial charge is 0.155 e. The number of hydrogen-bond donors (Lipinski definition) is 0. The van der Waals surface area contributed by atoms with Crippen LogP contribution in [0.5, 0.6) is 0 Å². The monoisotopic (exact) mass is 282 g/mol. The Morgan fingerprint density at radius 2 is 2.10 bits per heavy atom. The van der Waals surface area contributed by atoms with Crippen LogP contribution in [0.25, 0.3) is 21.9 Å². The Labute approximate surface area is 123 Å². The van der Waals surface area contributed by atoms with E-state index in [1.807, 2.05) is 24.4 Å². The maximum absolute atomic E-state index is 4.79. The van der Waals surface area contributed by atoms with E-state index in [1.165, 1.54) is 7.11 Å². The van der Waals surface area contributed by atoms with Crippen LogP contribution in [0.3, 0.4) is 0 Å². The Kier molecular flexibility index (Phi) is 3.56. The van der Waals surface area contributed by atoms with E-state index >= 15 is 0 Å². The van der Waals surface area contributed by atoms with E-state index in [0.29, 0.717) is 5.92 Å². The Hall–Kier alpha value is -2.43. The van der Waals surface area contributed by atoms with E-state index in [1.54, 1.807) is 6.21 Å². The van der Waals surface area contributed by atoms with Gasteiger partial charge >= 0.3 is 0 Å². The first-order valence-corrected chi connectivity index (χ1v) is 7.01. The lowest BCUT2D eigenvalue weighted by atomic mass is 10.1. The molecule has 0 N–H and O–H groups in total. The third kappa shape index (κ3) is 2.46. The van der Waals surface area contributed by atoms with E-state index in [9.17, 15) is 0 Å². The van der Waals surface area contributed by atoms with Crippen LogP contribution in [0.2, 0.25) is 0 Å². The van der Waals surface area contributed by atoms with Crippen molar-refractivity contribution in [2.75, 3.05) is 7.11 Å². The second-order valence-corrected chi connectivity index (χ2v) is 5.40. The van der Waals surface area contributed by atoms with Crippen molar-refractivity contribution in [1.29, 1.82) is 0 Å². The molecule has 2 heterocycles. The summed E-state index contributed by atoms with van der Waals surface area (Å²) in [6.07, 6.45) is 3.47. The molecule has 0 saturated heterocycles. The van der Waals surface area contributed by atoms with Gasteiger partial charge in [-0.25, -0.2) is 4.98 Å². The highest BCUT2D eigenvalue weighted by molar-refractivity contribution is 6.03. The molecule has 2 aromatic heterocycles. The van der Waals surface area contributed by atoms with Gasteiger partial charge in [-0.2, -0.15) is 0 Å². The number of benzene rings is 1. The molecule has 0 spiro atoms. The van der Waals surface area contributed by atoms with Crippen LogP contribution in [0.15, 0.2) is 35.6 Å². The summed E-state index contributed by atoms with van der Waals surface area (Å²) in [6.45, 7) is 5.24. The lowest BCUT2D eigenvalue weighted by Crippen LogP contribution is -2.08. The fraction of sp³-hybridized carbons (Fsp3) is 0.312. The van der Waals surface area contributed by atoms with Crippen molar-refractivity contribution >= 4 is 28.2 Å². The highest BCUT2D eigenvalue weighted by atomic mass is 16.6. The van der Waals surface area contributed by atoms with Gasteiger partial charge in [-0.1, -0.05) is 37.2 Å². The van der Waals surface area contributed by atoms with Gasteiger partial charge in [0.15, 0.2) is 5.82 Å². The van der Waals surface area contributed by atoms with Gasteiger partial charge in [0.25, 0.3) is 0 Å². The topological polar surface area (TPSA) is 52.3 Å². The zero-order valence-electron chi connectivity index (χ0n) is 12.4. The number of pyridine rings is 1. The number of rotatable bonds is 4. The summed E-state index contributed by atoms with van der Waals surface area (Å²) in [5, 5.41) is 4.97. The molecule has 0 atom stereocenters. The van der Waals surface area contributed by atoms with Crippen LogP contribution in [0, 0.1) is 5.92 Å². The first kappa shape index (κ1) is 13.5. The average molecular weight is 282 g/mol. The van der Waals surface area contributed by atoms with Crippen molar-refractivity contribution in [1.82, 2.24) is 14.5 Å². The van der Waals surface area contributed by atoms with Gasteiger partial charge < -0.3 is 9.40 Å². The second-order valence-electron chi connectivity index (χ2n) is 5.40. The molecule has 0 bridgehead atoms. The van der Waals surface area contributed by atoms with Gasteiger partial charge in [0.2, 0.25) is 0 Å². The van der Waals surface area contributed by atoms with Crippen LogP contribution in [0.1, 0.15) is 19.7 Å². The minimum Gasteiger partial charge on any atom is -0.399 e. The van der Waals surface area contributed by atoms with Crippen molar-refractivity contribution < 1.29 is 4.84 Å². The Balaban J connectivity index is 2.33. The van der Waals surface area contributed by atoms with E-state index in [-0.39, 0.29) is 0 Å². The quantitative estimate of drug-likeness (QED) is 0.545. The van der Waals surface area contributed by atoms with E-state index in [0.717, 1.165) is 34.3 Å². The average Bonchev–Trinajstić information content (AvgIpc) is 2.82. The molecule has 0 unspecified atom stereocenters. The molecule has 0 aliphatic rings. The van der Waals surface area contributed by atoms with Crippen molar-refractivity contribution in [2.24, 2.45) is 11.1 Å². The van der Waals surface area contributed by atoms with Gasteiger partial charge in [-0.3, -0.25) is 4.98 Å². The SMILES string of the molecule is CO/N=C/c1nc2cnc3ccccc3c2n1CC(C)C. The minimum absolute atomic E-state index is 0.504. The predicted molar refractivity (Wildman–Crippen MR) is 84.5 cm³/mol.